The first-order valence-corrected chi connectivity index (χ1v) is 15.8. The lowest BCUT2D eigenvalue weighted by molar-refractivity contribution is -0.121. The number of anilines is 1. The Labute approximate surface area is 245 Å². The zero-order valence-electron chi connectivity index (χ0n) is 24.2. The number of para-hydroxylation sites is 1. The van der Waals surface area contributed by atoms with Gasteiger partial charge < -0.3 is 10.4 Å². The highest BCUT2D eigenvalue weighted by Crippen LogP contribution is 2.24. The van der Waals surface area contributed by atoms with Crippen LogP contribution in [-0.4, -0.2) is 87.8 Å². The van der Waals surface area contributed by atoms with Gasteiger partial charge in [-0.1, -0.05) is 25.1 Å². The Bertz CT molecular complexity index is 1450. The number of nitrogens with zero attached hydrogens (tertiary/aromatic N) is 6. The fourth-order valence-corrected chi connectivity index (χ4v) is 7.22. The number of rotatable bonds is 13. The summed E-state index contributed by atoms with van der Waals surface area (Å²) in [6.45, 7) is 6.97. The molecule has 0 aliphatic carbocycles. The van der Waals surface area contributed by atoms with E-state index >= 15 is 0 Å². The van der Waals surface area contributed by atoms with Gasteiger partial charge in [-0.3, -0.25) is 14.0 Å². The molecule has 11 nitrogen and oxygen atoms in total. The molecule has 0 bridgehead atoms. The van der Waals surface area contributed by atoms with Crippen LogP contribution < -0.4 is 9.62 Å². The van der Waals surface area contributed by atoms with Crippen LogP contribution in [0, 0.1) is 12.8 Å². The van der Waals surface area contributed by atoms with Crippen molar-refractivity contribution in [2.45, 2.75) is 71.4 Å². The van der Waals surface area contributed by atoms with E-state index in [4.69, 9.17) is 0 Å². The van der Waals surface area contributed by atoms with E-state index in [1.807, 2.05) is 13.0 Å². The molecule has 1 aliphatic rings. The second-order valence-electron chi connectivity index (χ2n) is 11.1. The van der Waals surface area contributed by atoms with Crippen LogP contribution in [0.3, 0.4) is 0 Å². The predicted molar refractivity (Wildman–Crippen MR) is 155 cm³/mol. The number of halogens is 2. The van der Waals surface area contributed by atoms with Gasteiger partial charge in [0.1, 0.15) is 0 Å². The molecular weight excluding hydrogens is 568 g/mol. The number of hydrogen-bond donors (Lipinski definition) is 2. The van der Waals surface area contributed by atoms with Crippen molar-refractivity contribution in [3.05, 3.63) is 47.9 Å². The maximum Gasteiger partial charge on any atom is 0.255 e. The second-order valence-corrected chi connectivity index (χ2v) is 13.1. The summed E-state index contributed by atoms with van der Waals surface area (Å²) in [6, 6.07) is 10.2. The van der Waals surface area contributed by atoms with Crippen LogP contribution in [0.5, 0.6) is 5.88 Å². The maximum atomic E-state index is 13.5. The average Bonchev–Trinajstić information content (AvgIpc) is 3.33. The highest BCUT2D eigenvalue weighted by Gasteiger charge is 2.30. The summed E-state index contributed by atoms with van der Waals surface area (Å²) in [5.74, 6) is -0.434. The molecule has 1 unspecified atom stereocenters. The summed E-state index contributed by atoms with van der Waals surface area (Å²) in [6.07, 6.45) is -1.29. The van der Waals surface area contributed by atoms with Gasteiger partial charge in [-0.05, 0) is 51.2 Å². The number of alkyl halides is 2. The molecule has 1 aliphatic heterocycles. The number of carbonyl (C=O) groups is 1. The number of aromatic hydroxyl groups is 1. The minimum atomic E-state index is -3.76. The van der Waals surface area contributed by atoms with E-state index in [2.05, 4.69) is 25.3 Å². The van der Waals surface area contributed by atoms with E-state index in [9.17, 15) is 27.1 Å². The lowest BCUT2D eigenvalue weighted by Gasteiger charge is -2.38. The number of sulfonamides is 1. The van der Waals surface area contributed by atoms with Crippen molar-refractivity contribution in [2.75, 3.05) is 29.7 Å². The largest absolute Gasteiger partial charge is 0.493 e. The van der Waals surface area contributed by atoms with Crippen molar-refractivity contribution in [3.63, 3.8) is 0 Å². The van der Waals surface area contributed by atoms with Crippen LogP contribution in [0.2, 0.25) is 0 Å². The Hall–Kier alpha value is -3.39. The average molecular weight is 608 g/mol. The number of nitrogens with one attached hydrogen (secondary N) is 1. The van der Waals surface area contributed by atoms with Crippen LogP contribution in [-0.2, 0) is 21.2 Å². The molecule has 2 aromatic heterocycles. The molecule has 4 rings (SSSR count). The van der Waals surface area contributed by atoms with Gasteiger partial charge in [-0.2, -0.15) is 9.50 Å². The minimum absolute atomic E-state index is 0.0436. The molecule has 3 heterocycles. The molecule has 0 saturated carbocycles. The van der Waals surface area contributed by atoms with Gasteiger partial charge >= 0.3 is 0 Å². The first-order valence-electron chi connectivity index (χ1n) is 14.2. The van der Waals surface area contributed by atoms with E-state index < -0.39 is 22.4 Å². The predicted octanol–water partition coefficient (Wildman–Crippen LogP) is 3.17. The van der Waals surface area contributed by atoms with Gasteiger partial charge in [0.2, 0.25) is 28.2 Å². The van der Waals surface area contributed by atoms with Crippen LogP contribution in [0.15, 0.2) is 36.4 Å². The van der Waals surface area contributed by atoms with Crippen LogP contribution in [0.1, 0.15) is 51.0 Å². The van der Waals surface area contributed by atoms with Crippen LogP contribution in [0.4, 0.5) is 14.5 Å². The molecule has 2 atom stereocenters. The number of likely N-dealkylation sites (tertiary alicyclic amines) is 1. The maximum absolute atomic E-state index is 13.5. The topological polar surface area (TPSA) is 133 Å². The second kappa shape index (κ2) is 13.7. The van der Waals surface area contributed by atoms with Crippen molar-refractivity contribution in [3.8, 4) is 5.88 Å². The molecule has 0 radical (unpaired) electrons. The molecule has 14 heteroatoms. The number of piperidine rings is 1. The molecule has 0 spiro atoms. The van der Waals surface area contributed by atoms with Crippen molar-refractivity contribution in [1.29, 1.82) is 0 Å². The molecule has 1 fully saturated rings. The summed E-state index contributed by atoms with van der Waals surface area (Å²) in [4.78, 5) is 23.3. The molecular formula is C28H39F2N7O4S. The number of hydrogen-bond acceptors (Lipinski definition) is 8. The van der Waals surface area contributed by atoms with E-state index in [0.29, 0.717) is 37.3 Å². The Balaban J connectivity index is 1.32. The number of fused-ring (bicyclic) bond motifs is 1. The third-order valence-corrected chi connectivity index (χ3v) is 9.51. The highest BCUT2D eigenvalue weighted by atomic mass is 32.2. The molecule has 1 amide bonds. The minimum Gasteiger partial charge on any atom is -0.493 e. The van der Waals surface area contributed by atoms with Gasteiger partial charge in [0.05, 0.1) is 17.9 Å². The molecule has 230 valence electrons. The third kappa shape index (κ3) is 8.34. The molecule has 1 saturated heterocycles. The van der Waals surface area contributed by atoms with Crippen molar-refractivity contribution < 1.29 is 27.1 Å². The Morgan fingerprint density at radius 3 is 2.50 bits per heavy atom. The SMILES string of the molecule is Cc1cc(O)n2nc(CC(=O)NC3CCN([C@H](C)CN(c4ccccc4)S(=O)(=O)CC(C)CCC(F)F)CC3)nc2n1. The fraction of sp³-hybridized carbons (Fsp3) is 0.571. The summed E-state index contributed by atoms with van der Waals surface area (Å²) in [7, 11) is -3.76. The summed E-state index contributed by atoms with van der Waals surface area (Å²) in [5.41, 5.74) is 1.14. The molecule has 2 N–H and O–H groups in total. The molecule has 1 aromatic carbocycles. The normalized spacial score (nSPS) is 16.5. The van der Waals surface area contributed by atoms with E-state index in [0.717, 1.165) is 0 Å². The van der Waals surface area contributed by atoms with Gasteiger partial charge in [0, 0.05) is 49.9 Å². The van der Waals surface area contributed by atoms with Crippen molar-refractivity contribution in [1.82, 2.24) is 29.8 Å². The monoisotopic (exact) mass is 607 g/mol. The first-order chi connectivity index (χ1) is 19.9. The standard InChI is InChI=1S/C28H39F2N7O4S/c1-19(9-10-24(29)30)18-42(40,41)36(23-7-5-4-6-8-23)17-21(3)35-13-11-22(12-14-35)32-26(38)16-25-33-28-31-20(2)15-27(39)37(28)34-25/h4-8,15,19,21-22,24,39H,9-14,16-18H2,1-3H3,(H,32,38)/t19?,21-/m1/s1. The quantitative estimate of drug-likeness (QED) is 0.303. The lowest BCUT2D eigenvalue weighted by Crippen LogP contribution is -2.51. The zero-order chi connectivity index (χ0) is 30.4. The van der Waals surface area contributed by atoms with Gasteiger partial charge in [-0.25, -0.2) is 22.2 Å². The molecule has 3 aromatic rings. The van der Waals surface area contributed by atoms with Crippen LogP contribution in [0.25, 0.3) is 5.78 Å². The summed E-state index contributed by atoms with van der Waals surface area (Å²) in [5, 5.41) is 17.2. The Kier molecular flexibility index (Phi) is 10.3. The van der Waals surface area contributed by atoms with Crippen molar-refractivity contribution >= 4 is 27.4 Å². The fourth-order valence-electron chi connectivity index (χ4n) is 5.26. The number of amides is 1. The van der Waals surface area contributed by atoms with Gasteiger partial charge in [-0.15, -0.1) is 5.10 Å². The first kappa shape index (κ1) is 31.5. The van der Waals surface area contributed by atoms with Gasteiger partial charge in [0.25, 0.3) is 5.78 Å². The van der Waals surface area contributed by atoms with E-state index in [1.54, 1.807) is 38.1 Å². The zero-order valence-corrected chi connectivity index (χ0v) is 25.0. The van der Waals surface area contributed by atoms with Gasteiger partial charge in [0.15, 0.2) is 5.82 Å². The Morgan fingerprint density at radius 2 is 1.83 bits per heavy atom. The number of carbonyl (C=O) groups excluding carboxylic acids is 1. The highest BCUT2D eigenvalue weighted by molar-refractivity contribution is 7.92. The van der Waals surface area contributed by atoms with E-state index in [1.165, 1.54) is 14.9 Å². The number of aryl methyl sites for hydroxylation is 1. The van der Waals surface area contributed by atoms with E-state index in [-0.39, 0.29) is 67.0 Å². The third-order valence-electron chi connectivity index (χ3n) is 7.48. The van der Waals surface area contributed by atoms with Crippen LogP contribution >= 0.6 is 0 Å². The molecule has 42 heavy (non-hydrogen) atoms. The summed E-state index contributed by atoms with van der Waals surface area (Å²) < 4.78 is 54.9. The Morgan fingerprint density at radius 1 is 1.14 bits per heavy atom. The summed E-state index contributed by atoms with van der Waals surface area (Å²) >= 11 is 0. The number of aromatic nitrogens is 4. The smallest absolute Gasteiger partial charge is 0.255 e. The number of benzene rings is 1. The lowest BCUT2D eigenvalue weighted by atomic mass is 10.0. The van der Waals surface area contributed by atoms with Crippen molar-refractivity contribution in [2.24, 2.45) is 5.92 Å².